The predicted octanol–water partition coefficient (Wildman–Crippen LogP) is 4.37. The number of carbonyl (C=O) groups is 3. The van der Waals surface area contributed by atoms with E-state index in [1.165, 1.54) is 16.7 Å². The molecular formula is C23H16N2O7S. The van der Waals surface area contributed by atoms with Crippen molar-refractivity contribution in [3.8, 4) is 0 Å². The SMILES string of the molecule is COC(=O)c1cc(C(=O)OCC(=O)N2c3ccccc3Sc3ccccc32)cc([N+](=O)[O-])c1. The number of fused-ring (bicyclic) bond motifs is 2. The molecule has 1 amide bonds. The largest absolute Gasteiger partial charge is 0.465 e. The lowest BCUT2D eigenvalue weighted by atomic mass is 10.1. The molecule has 0 unspecified atom stereocenters. The van der Waals surface area contributed by atoms with E-state index in [2.05, 4.69) is 4.74 Å². The minimum absolute atomic E-state index is 0.180. The molecule has 4 rings (SSSR count). The summed E-state index contributed by atoms with van der Waals surface area (Å²) in [4.78, 5) is 51.2. The first kappa shape index (κ1) is 22.0. The Bertz CT molecular complexity index is 1250. The maximum Gasteiger partial charge on any atom is 0.338 e. The fourth-order valence-corrected chi connectivity index (χ4v) is 4.38. The molecule has 1 aliphatic rings. The summed E-state index contributed by atoms with van der Waals surface area (Å²) in [7, 11) is 1.12. The number of methoxy groups -OCH3 is 1. The molecule has 1 aliphatic heterocycles. The fraction of sp³-hybridized carbons (Fsp3) is 0.0870. The van der Waals surface area contributed by atoms with Gasteiger partial charge >= 0.3 is 11.9 Å². The average Bonchev–Trinajstić information content (AvgIpc) is 2.84. The van der Waals surface area contributed by atoms with Crippen molar-refractivity contribution in [2.75, 3.05) is 18.6 Å². The third-order valence-electron chi connectivity index (χ3n) is 4.79. The molecule has 0 N–H and O–H groups in total. The Morgan fingerprint density at radius 2 is 1.45 bits per heavy atom. The molecule has 33 heavy (non-hydrogen) atoms. The first-order valence-corrected chi connectivity index (χ1v) is 10.4. The summed E-state index contributed by atoms with van der Waals surface area (Å²) in [5.41, 5.74) is 0.413. The zero-order valence-electron chi connectivity index (χ0n) is 17.2. The van der Waals surface area contributed by atoms with Gasteiger partial charge in [0.05, 0.1) is 34.5 Å². The highest BCUT2D eigenvalue weighted by atomic mass is 32.2. The number of nitrogens with zero attached hydrogens (tertiary/aromatic N) is 2. The summed E-state index contributed by atoms with van der Waals surface area (Å²) < 4.78 is 9.74. The Balaban J connectivity index is 1.58. The zero-order valence-corrected chi connectivity index (χ0v) is 18.0. The van der Waals surface area contributed by atoms with Gasteiger partial charge in [0.1, 0.15) is 0 Å². The molecule has 0 aromatic heterocycles. The molecule has 0 aliphatic carbocycles. The molecule has 0 radical (unpaired) electrons. The topological polar surface area (TPSA) is 116 Å². The van der Waals surface area contributed by atoms with Gasteiger partial charge in [0.15, 0.2) is 6.61 Å². The highest BCUT2D eigenvalue weighted by Crippen LogP contribution is 2.47. The number of rotatable bonds is 5. The Morgan fingerprint density at radius 3 is 2.00 bits per heavy atom. The molecular weight excluding hydrogens is 448 g/mol. The normalized spacial score (nSPS) is 11.7. The van der Waals surface area contributed by atoms with Gasteiger partial charge in [-0.3, -0.25) is 19.8 Å². The maximum atomic E-state index is 13.1. The monoisotopic (exact) mass is 464 g/mol. The lowest BCUT2D eigenvalue weighted by Crippen LogP contribution is -2.32. The van der Waals surface area contributed by atoms with E-state index < -0.39 is 35.1 Å². The van der Waals surface area contributed by atoms with Crippen LogP contribution in [0.5, 0.6) is 0 Å². The van der Waals surface area contributed by atoms with E-state index in [4.69, 9.17) is 4.74 Å². The number of amides is 1. The Kier molecular flexibility index (Phi) is 6.09. The van der Waals surface area contributed by atoms with Crippen molar-refractivity contribution in [1.29, 1.82) is 0 Å². The average molecular weight is 464 g/mol. The Hall–Kier alpha value is -4.18. The summed E-state index contributed by atoms with van der Waals surface area (Å²) in [5.74, 6) is -2.32. The smallest absolute Gasteiger partial charge is 0.338 e. The molecule has 166 valence electrons. The molecule has 0 spiro atoms. The van der Waals surface area contributed by atoms with Crippen LogP contribution in [0.4, 0.5) is 17.1 Å². The van der Waals surface area contributed by atoms with Crippen molar-refractivity contribution in [3.63, 3.8) is 0 Å². The van der Waals surface area contributed by atoms with Gasteiger partial charge in [0.25, 0.3) is 11.6 Å². The number of anilines is 2. The van der Waals surface area contributed by atoms with Gasteiger partial charge in [-0.1, -0.05) is 36.0 Å². The first-order chi connectivity index (χ1) is 15.9. The van der Waals surface area contributed by atoms with Crippen LogP contribution in [0.25, 0.3) is 0 Å². The van der Waals surface area contributed by atoms with Crippen LogP contribution < -0.4 is 4.90 Å². The third kappa shape index (κ3) is 4.41. The molecule has 0 fully saturated rings. The van der Waals surface area contributed by atoms with Crippen molar-refractivity contribution in [3.05, 3.63) is 88.0 Å². The van der Waals surface area contributed by atoms with E-state index in [-0.39, 0.29) is 11.1 Å². The molecule has 3 aromatic rings. The summed E-state index contributed by atoms with van der Waals surface area (Å²) in [6, 6.07) is 17.8. The van der Waals surface area contributed by atoms with Crippen molar-refractivity contribution in [2.24, 2.45) is 0 Å². The Morgan fingerprint density at radius 1 is 0.909 bits per heavy atom. The van der Waals surface area contributed by atoms with Crippen LogP contribution in [0, 0.1) is 10.1 Å². The Labute approximate surface area is 192 Å². The van der Waals surface area contributed by atoms with Crippen molar-refractivity contribution in [2.45, 2.75) is 9.79 Å². The van der Waals surface area contributed by atoms with Crippen LogP contribution in [0.2, 0.25) is 0 Å². The van der Waals surface area contributed by atoms with Gasteiger partial charge in [-0.15, -0.1) is 0 Å². The number of hydrogen-bond acceptors (Lipinski definition) is 8. The van der Waals surface area contributed by atoms with Crippen molar-refractivity contribution >= 4 is 46.7 Å². The number of para-hydroxylation sites is 2. The lowest BCUT2D eigenvalue weighted by molar-refractivity contribution is -0.384. The molecule has 9 nitrogen and oxygen atoms in total. The van der Waals surface area contributed by atoms with Gasteiger partial charge in [0.2, 0.25) is 0 Å². The van der Waals surface area contributed by atoms with Gasteiger partial charge < -0.3 is 9.47 Å². The molecule has 3 aromatic carbocycles. The van der Waals surface area contributed by atoms with Gasteiger partial charge in [-0.2, -0.15) is 0 Å². The number of benzene rings is 3. The molecule has 10 heteroatoms. The van der Waals surface area contributed by atoms with E-state index in [0.29, 0.717) is 11.4 Å². The molecule has 0 saturated heterocycles. The summed E-state index contributed by atoms with van der Waals surface area (Å²) in [5, 5.41) is 11.2. The molecule has 0 bridgehead atoms. The predicted molar refractivity (Wildman–Crippen MR) is 119 cm³/mol. The number of ether oxygens (including phenoxy) is 2. The van der Waals surface area contributed by atoms with Gasteiger partial charge in [-0.05, 0) is 30.3 Å². The van der Waals surface area contributed by atoms with Gasteiger partial charge in [0, 0.05) is 21.9 Å². The number of hydrogen-bond donors (Lipinski definition) is 0. The maximum absolute atomic E-state index is 13.1. The standard InChI is InChI=1S/C23H16N2O7S/c1-31-22(27)14-10-15(12-16(11-14)25(29)30)23(28)32-13-21(26)24-17-6-2-4-8-19(17)33-20-9-5-3-7-18(20)24/h2-12H,13H2,1H3. The highest BCUT2D eigenvalue weighted by molar-refractivity contribution is 7.99. The van der Waals surface area contributed by atoms with E-state index in [1.54, 1.807) is 24.3 Å². The zero-order chi connectivity index (χ0) is 23.5. The second-order valence-electron chi connectivity index (χ2n) is 6.86. The fourth-order valence-electron chi connectivity index (χ4n) is 3.32. The van der Waals surface area contributed by atoms with E-state index in [0.717, 1.165) is 35.1 Å². The molecule has 0 atom stereocenters. The van der Waals surface area contributed by atoms with E-state index in [1.807, 2.05) is 24.3 Å². The number of carbonyl (C=O) groups excluding carboxylic acids is 3. The molecule has 0 saturated carbocycles. The second-order valence-corrected chi connectivity index (χ2v) is 7.94. The number of nitro groups is 1. The van der Waals surface area contributed by atoms with Crippen LogP contribution in [0.15, 0.2) is 76.5 Å². The van der Waals surface area contributed by atoms with Crippen molar-refractivity contribution in [1.82, 2.24) is 0 Å². The quantitative estimate of drug-likeness (QED) is 0.311. The summed E-state index contributed by atoms with van der Waals surface area (Å²) >= 11 is 1.53. The van der Waals surface area contributed by atoms with Gasteiger partial charge in [-0.25, -0.2) is 9.59 Å². The summed E-state index contributed by atoms with van der Waals surface area (Å²) in [6.07, 6.45) is 0. The highest BCUT2D eigenvalue weighted by Gasteiger charge is 2.29. The van der Waals surface area contributed by atoms with Crippen LogP contribution >= 0.6 is 11.8 Å². The van der Waals surface area contributed by atoms with Crippen LogP contribution in [-0.2, 0) is 14.3 Å². The summed E-state index contributed by atoms with van der Waals surface area (Å²) in [6.45, 7) is -0.609. The minimum atomic E-state index is -0.981. The van der Waals surface area contributed by atoms with E-state index in [9.17, 15) is 24.5 Å². The second kappa shape index (κ2) is 9.13. The number of nitro benzene ring substituents is 1. The van der Waals surface area contributed by atoms with Crippen LogP contribution in [0.1, 0.15) is 20.7 Å². The van der Waals surface area contributed by atoms with Crippen LogP contribution in [0.3, 0.4) is 0 Å². The van der Waals surface area contributed by atoms with E-state index >= 15 is 0 Å². The van der Waals surface area contributed by atoms with Crippen LogP contribution in [-0.4, -0.2) is 36.5 Å². The molecule has 1 heterocycles. The number of esters is 2. The minimum Gasteiger partial charge on any atom is -0.465 e. The first-order valence-electron chi connectivity index (χ1n) is 9.63. The van der Waals surface area contributed by atoms with Crippen molar-refractivity contribution < 1.29 is 28.8 Å². The number of non-ortho nitro benzene ring substituents is 1. The third-order valence-corrected chi connectivity index (χ3v) is 5.92. The lowest BCUT2D eigenvalue weighted by Gasteiger charge is -2.30.